The summed E-state index contributed by atoms with van der Waals surface area (Å²) < 4.78 is 30.1. The molecule has 5 aromatic heterocycles. The largest absolute Gasteiger partial charge is 0.349 e. The molecule has 2 N–H and O–H groups in total. The van der Waals surface area contributed by atoms with Gasteiger partial charge in [-0.3, -0.25) is 14.3 Å². The van der Waals surface area contributed by atoms with E-state index < -0.39 is 18.0 Å². The van der Waals surface area contributed by atoms with E-state index in [2.05, 4.69) is 25.3 Å². The normalized spacial score (nSPS) is 17.6. The summed E-state index contributed by atoms with van der Waals surface area (Å²) >= 11 is 5.90. The van der Waals surface area contributed by atoms with Gasteiger partial charge in [-0.05, 0) is 68.4 Å². The molecule has 12 heteroatoms. The summed E-state index contributed by atoms with van der Waals surface area (Å²) in [7, 11) is 0. The summed E-state index contributed by atoms with van der Waals surface area (Å²) in [6, 6.07) is 6.69. The number of nitrogens with one attached hydrogen (secondary N) is 2. The second kappa shape index (κ2) is 10.5. The highest BCUT2D eigenvalue weighted by atomic mass is 35.5. The van der Waals surface area contributed by atoms with Crippen LogP contribution < -0.4 is 11.0 Å². The number of imidazole rings is 1. The molecule has 1 amide bonds. The van der Waals surface area contributed by atoms with Gasteiger partial charge in [-0.1, -0.05) is 11.6 Å². The van der Waals surface area contributed by atoms with Gasteiger partial charge in [0.1, 0.15) is 11.3 Å². The van der Waals surface area contributed by atoms with E-state index in [-0.39, 0.29) is 28.2 Å². The predicted octanol–water partition coefficient (Wildman–Crippen LogP) is 5.35. The van der Waals surface area contributed by atoms with Crippen molar-refractivity contribution in [2.75, 3.05) is 0 Å². The second-order valence-electron chi connectivity index (χ2n) is 10.2. The number of alkyl halides is 2. The zero-order valence-electron chi connectivity index (χ0n) is 21.6. The average Bonchev–Trinajstić information content (AvgIpc) is 3.45. The quantitative estimate of drug-likeness (QED) is 0.288. The minimum absolute atomic E-state index is 0.122. The maximum atomic E-state index is 13.7. The number of hydrogen-bond donors (Lipinski definition) is 2. The summed E-state index contributed by atoms with van der Waals surface area (Å²) in [5.41, 5.74) is 2.76. The molecule has 40 heavy (non-hydrogen) atoms. The average molecular weight is 566 g/mol. The van der Waals surface area contributed by atoms with Crippen molar-refractivity contribution in [3.63, 3.8) is 0 Å². The standard InChI is InChI=1S/C28H26ClF2N7O2/c1-15-11-34-25-20(15)10-19(13-35-25)38-26-22(3-2-8-32-26)37(28(38)40)14-16-4-6-18(7-5-16)36-27(39)21-9-17(29)12-33-23(21)24(30)31/h2-3,8-13,16,18,24H,4-7,14H2,1H3,(H,34,35)(H,36,39)/t16-,18-. The Hall–Kier alpha value is -4.12. The number of carbonyl (C=O) groups is 1. The molecule has 1 saturated carbocycles. The van der Waals surface area contributed by atoms with E-state index in [9.17, 15) is 18.4 Å². The zero-order chi connectivity index (χ0) is 28.0. The van der Waals surface area contributed by atoms with Crippen LogP contribution in [-0.4, -0.2) is 41.0 Å². The van der Waals surface area contributed by atoms with Crippen LogP contribution in [0.4, 0.5) is 8.78 Å². The molecule has 9 nitrogen and oxygen atoms in total. The Morgan fingerprint density at radius 3 is 2.75 bits per heavy atom. The van der Waals surface area contributed by atoms with Gasteiger partial charge in [-0.15, -0.1) is 0 Å². The number of fused-ring (bicyclic) bond motifs is 2. The van der Waals surface area contributed by atoms with E-state index in [1.807, 2.05) is 31.3 Å². The molecule has 0 spiro atoms. The third kappa shape index (κ3) is 4.74. The summed E-state index contributed by atoms with van der Waals surface area (Å²) in [5, 5.41) is 3.92. The van der Waals surface area contributed by atoms with Gasteiger partial charge in [0.15, 0.2) is 5.65 Å². The Morgan fingerprint density at radius 1 is 1.18 bits per heavy atom. The van der Waals surface area contributed by atoms with Gasteiger partial charge in [0, 0.05) is 36.6 Å². The maximum Gasteiger partial charge on any atom is 0.335 e. The number of rotatable bonds is 6. The Bertz CT molecular complexity index is 1790. The van der Waals surface area contributed by atoms with Crippen molar-refractivity contribution in [2.24, 2.45) is 5.92 Å². The lowest BCUT2D eigenvalue weighted by molar-refractivity contribution is 0.0904. The third-order valence-electron chi connectivity index (χ3n) is 7.63. The van der Waals surface area contributed by atoms with Crippen molar-refractivity contribution in [1.82, 2.24) is 34.4 Å². The number of H-pyrrole nitrogens is 1. The van der Waals surface area contributed by atoms with Crippen molar-refractivity contribution in [3.05, 3.63) is 81.4 Å². The molecule has 5 aromatic rings. The lowest BCUT2D eigenvalue weighted by Crippen LogP contribution is -2.39. The predicted molar refractivity (Wildman–Crippen MR) is 147 cm³/mol. The van der Waals surface area contributed by atoms with Crippen LogP contribution in [0.3, 0.4) is 0 Å². The van der Waals surface area contributed by atoms with Gasteiger partial charge < -0.3 is 10.3 Å². The highest BCUT2D eigenvalue weighted by Crippen LogP contribution is 2.29. The number of pyridine rings is 3. The van der Waals surface area contributed by atoms with Crippen LogP contribution in [0.2, 0.25) is 5.02 Å². The third-order valence-corrected chi connectivity index (χ3v) is 7.84. The van der Waals surface area contributed by atoms with Gasteiger partial charge in [0.2, 0.25) is 0 Å². The van der Waals surface area contributed by atoms with Gasteiger partial charge in [0.05, 0.1) is 28.0 Å². The highest BCUT2D eigenvalue weighted by molar-refractivity contribution is 6.30. The molecule has 0 aliphatic heterocycles. The molecular weight excluding hydrogens is 540 g/mol. The number of aromatic amines is 1. The summed E-state index contributed by atoms with van der Waals surface area (Å²) in [6.45, 7) is 2.48. The number of aromatic nitrogens is 6. The van der Waals surface area contributed by atoms with E-state index in [0.717, 1.165) is 41.2 Å². The van der Waals surface area contributed by atoms with Crippen molar-refractivity contribution in [1.29, 1.82) is 0 Å². The highest BCUT2D eigenvalue weighted by Gasteiger charge is 2.27. The topological polar surface area (TPSA) is 110 Å². The van der Waals surface area contributed by atoms with E-state index in [1.165, 1.54) is 6.07 Å². The number of halogens is 3. The molecule has 0 unspecified atom stereocenters. The Balaban J connectivity index is 1.20. The minimum Gasteiger partial charge on any atom is -0.349 e. The molecule has 0 aromatic carbocycles. The maximum absolute atomic E-state index is 13.7. The Kier molecular flexibility index (Phi) is 6.83. The molecule has 5 heterocycles. The number of aryl methyl sites for hydroxylation is 1. The molecule has 1 fully saturated rings. The van der Waals surface area contributed by atoms with Crippen LogP contribution >= 0.6 is 11.6 Å². The SMILES string of the molecule is Cc1c[nH]c2ncc(-n3c(=O)n(C[C@H]4CC[C@H](NC(=O)c5cc(Cl)cnc5C(F)F)CC4)c4cccnc43)cc12. The first-order valence-corrected chi connectivity index (χ1v) is 13.4. The first kappa shape index (κ1) is 26.1. The molecule has 0 radical (unpaired) electrons. The van der Waals surface area contributed by atoms with Crippen LogP contribution in [0.1, 0.15) is 53.7 Å². The first-order chi connectivity index (χ1) is 19.3. The fraction of sp³-hybridized carbons (Fsp3) is 0.321. The fourth-order valence-electron chi connectivity index (χ4n) is 5.56. The first-order valence-electron chi connectivity index (χ1n) is 13.0. The van der Waals surface area contributed by atoms with E-state index >= 15 is 0 Å². The monoisotopic (exact) mass is 565 g/mol. The fourth-order valence-corrected chi connectivity index (χ4v) is 5.72. The van der Waals surface area contributed by atoms with E-state index in [1.54, 1.807) is 21.5 Å². The molecule has 1 aliphatic rings. The smallest absolute Gasteiger partial charge is 0.335 e. The summed E-state index contributed by atoms with van der Waals surface area (Å²) in [6.07, 6.45) is 6.28. The number of amides is 1. The summed E-state index contributed by atoms with van der Waals surface area (Å²) in [4.78, 5) is 42.2. The van der Waals surface area contributed by atoms with E-state index in [4.69, 9.17) is 11.6 Å². The molecule has 6 rings (SSSR count). The molecule has 206 valence electrons. The number of nitrogens with zero attached hydrogens (tertiary/aromatic N) is 5. The molecule has 0 saturated heterocycles. The molecule has 0 atom stereocenters. The number of hydrogen-bond acceptors (Lipinski definition) is 5. The van der Waals surface area contributed by atoms with Crippen LogP contribution in [-0.2, 0) is 6.54 Å². The lowest BCUT2D eigenvalue weighted by atomic mass is 9.85. The molecular formula is C28H26ClF2N7O2. The molecule has 1 aliphatic carbocycles. The van der Waals surface area contributed by atoms with E-state index in [0.29, 0.717) is 30.7 Å². The van der Waals surface area contributed by atoms with Gasteiger partial charge in [-0.2, -0.15) is 0 Å². The van der Waals surface area contributed by atoms with Crippen LogP contribution in [0.5, 0.6) is 0 Å². The minimum atomic E-state index is -2.88. The van der Waals surface area contributed by atoms with Gasteiger partial charge in [0.25, 0.3) is 12.3 Å². The Labute approximate surface area is 232 Å². The van der Waals surface area contributed by atoms with Gasteiger partial charge >= 0.3 is 5.69 Å². The second-order valence-corrected chi connectivity index (χ2v) is 10.7. The van der Waals surface area contributed by atoms with Crippen molar-refractivity contribution < 1.29 is 13.6 Å². The van der Waals surface area contributed by atoms with Crippen molar-refractivity contribution >= 4 is 39.7 Å². The van der Waals surface area contributed by atoms with Crippen LogP contribution in [0.25, 0.3) is 27.9 Å². The van der Waals surface area contributed by atoms with Gasteiger partial charge in [-0.25, -0.2) is 28.1 Å². The lowest BCUT2D eigenvalue weighted by Gasteiger charge is -2.29. The zero-order valence-corrected chi connectivity index (χ0v) is 22.3. The van der Waals surface area contributed by atoms with Crippen LogP contribution in [0, 0.1) is 12.8 Å². The van der Waals surface area contributed by atoms with Crippen molar-refractivity contribution in [2.45, 2.75) is 51.6 Å². The van der Waals surface area contributed by atoms with Crippen molar-refractivity contribution in [3.8, 4) is 5.69 Å². The Morgan fingerprint density at radius 2 is 1.98 bits per heavy atom. The number of carbonyl (C=O) groups excluding carboxylic acids is 1. The molecule has 0 bridgehead atoms. The van der Waals surface area contributed by atoms with Crippen LogP contribution in [0.15, 0.2) is 53.8 Å². The summed E-state index contributed by atoms with van der Waals surface area (Å²) in [5.74, 6) is -0.413.